The van der Waals surface area contributed by atoms with E-state index in [4.69, 9.17) is 19.9 Å². The molecule has 0 unspecified atom stereocenters. The summed E-state index contributed by atoms with van der Waals surface area (Å²) in [4.78, 5) is 17.1. The van der Waals surface area contributed by atoms with Gasteiger partial charge >= 0.3 is 0 Å². The molecule has 0 atom stereocenters. The molecule has 2 aromatic rings. The molecule has 26 heavy (non-hydrogen) atoms. The second kappa shape index (κ2) is 6.93. The number of fused-ring (bicyclic) bond motifs is 1. The van der Waals surface area contributed by atoms with Crippen molar-refractivity contribution in [1.29, 1.82) is 0 Å². The number of nitrogens with two attached hydrogens (primary N) is 1. The summed E-state index contributed by atoms with van der Waals surface area (Å²) in [5.41, 5.74) is 6.94. The fraction of sp³-hybridized carbons (Fsp3) is 0.368. The van der Waals surface area contributed by atoms with E-state index in [2.05, 4.69) is 10.3 Å². The number of ether oxygens (including phenoxy) is 3. The third-order valence-electron chi connectivity index (χ3n) is 4.67. The lowest BCUT2D eigenvalue weighted by Gasteiger charge is -2.31. The Morgan fingerprint density at radius 3 is 2.62 bits per heavy atom. The summed E-state index contributed by atoms with van der Waals surface area (Å²) in [6, 6.07) is 11.2. The first-order valence-corrected chi connectivity index (χ1v) is 8.69. The number of nitrogens with zero attached hydrogens (tertiary/aromatic N) is 1. The number of benzene rings is 1. The highest BCUT2D eigenvalue weighted by atomic mass is 16.6. The number of hydrogen-bond acceptors (Lipinski definition) is 6. The van der Waals surface area contributed by atoms with Gasteiger partial charge < -0.3 is 25.3 Å². The van der Waals surface area contributed by atoms with Crippen molar-refractivity contribution in [2.75, 3.05) is 31.7 Å². The zero-order chi connectivity index (χ0) is 18.0. The molecule has 136 valence electrons. The van der Waals surface area contributed by atoms with Crippen LogP contribution in [0.5, 0.6) is 11.5 Å². The van der Waals surface area contributed by atoms with Gasteiger partial charge in [-0.1, -0.05) is 6.07 Å². The van der Waals surface area contributed by atoms with Gasteiger partial charge in [0.2, 0.25) is 5.91 Å². The molecule has 0 aliphatic carbocycles. The van der Waals surface area contributed by atoms with Gasteiger partial charge in [-0.2, -0.15) is 0 Å². The Morgan fingerprint density at radius 2 is 1.81 bits per heavy atom. The van der Waals surface area contributed by atoms with Crippen LogP contribution in [-0.4, -0.2) is 42.9 Å². The zero-order valence-electron chi connectivity index (χ0n) is 14.4. The minimum atomic E-state index is -0.910. The Morgan fingerprint density at radius 1 is 1.04 bits per heavy atom. The first-order chi connectivity index (χ1) is 12.6. The molecule has 3 N–H and O–H groups in total. The van der Waals surface area contributed by atoms with Crippen molar-refractivity contribution in [2.24, 2.45) is 5.73 Å². The minimum absolute atomic E-state index is 0.229. The maximum atomic E-state index is 12.6. The molecule has 0 spiro atoms. The van der Waals surface area contributed by atoms with Crippen molar-refractivity contribution in [3.8, 4) is 22.8 Å². The third-order valence-corrected chi connectivity index (χ3v) is 4.67. The first-order valence-electron chi connectivity index (χ1n) is 8.69. The van der Waals surface area contributed by atoms with Gasteiger partial charge in [-0.25, -0.2) is 4.98 Å². The van der Waals surface area contributed by atoms with Crippen LogP contribution in [0.15, 0.2) is 36.4 Å². The van der Waals surface area contributed by atoms with E-state index in [0.29, 0.717) is 50.8 Å². The normalized spacial score (nSPS) is 18.2. The van der Waals surface area contributed by atoms with E-state index in [-0.39, 0.29) is 5.91 Å². The molecule has 7 nitrogen and oxygen atoms in total. The number of anilines is 1. The SMILES string of the molecule is NC1(C(=O)Nc2cccc(-c3ccc4c(c3)OCCO4)n2)CCOCC1. The second-order valence-electron chi connectivity index (χ2n) is 6.49. The third kappa shape index (κ3) is 3.36. The molecule has 2 aliphatic rings. The van der Waals surface area contributed by atoms with Gasteiger partial charge in [0.15, 0.2) is 11.5 Å². The van der Waals surface area contributed by atoms with Crippen molar-refractivity contribution in [2.45, 2.75) is 18.4 Å². The average molecular weight is 355 g/mol. The van der Waals surface area contributed by atoms with Gasteiger partial charge in [-0.3, -0.25) is 4.79 Å². The molecule has 1 fully saturated rings. The van der Waals surface area contributed by atoms with Gasteiger partial charge in [0.05, 0.1) is 5.69 Å². The number of hydrogen-bond donors (Lipinski definition) is 2. The Kier molecular flexibility index (Phi) is 4.48. The molecule has 7 heteroatoms. The van der Waals surface area contributed by atoms with Crippen molar-refractivity contribution >= 4 is 11.7 Å². The summed E-state index contributed by atoms with van der Waals surface area (Å²) < 4.78 is 16.5. The largest absolute Gasteiger partial charge is 0.486 e. The van der Waals surface area contributed by atoms with Gasteiger partial charge in [0.1, 0.15) is 24.6 Å². The maximum Gasteiger partial charge on any atom is 0.245 e. The van der Waals surface area contributed by atoms with E-state index in [1.807, 2.05) is 30.3 Å². The number of nitrogens with one attached hydrogen (secondary N) is 1. The highest BCUT2D eigenvalue weighted by Crippen LogP contribution is 2.34. The van der Waals surface area contributed by atoms with Crippen LogP contribution >= 0.6 is 0 Å². The Hall–Kier alpha value is -2.64. The highest BCUT2D eigenvalue weighted by Gasteiger charge is 2.36. The van der Waals surface area contributed by atoms with Crippen LogP contribution in [0.1, 0.15) is 12.8 Å². The standard InChI is InChI=1S/C19H21N3O4/c20-19(6-8-24-9-7-19)18(23)22-17-3-1-2-14(21-17)13-4-5-15-16(12-13)26-11-10-25-15/h1-5,12H,6-11,20H2,(H,21,22,23). The van der Waals surface area contributed by atoms with Gasteiger partial charge in [0.25, 0.3) is 0 Å². The van der Waals surface area contributed by atoms with Crippen LogP contribution in [0.4, 0.5) is 5.82 Å². The molecule has 2 aliphatic heterocycles. The lowest BCUT2D eigenvalue weighted by Crippen LogP contribution is -2.54. The van der Waals surface area contributed by atoms with Gasteiger partial charge in [-0.15, -0.1) is 0 Å². The molecule has 0 radical (unpaired) electrons. The molecule has 3 heterocycles. The zero-order valence-corrected chi connectivity index (χ0v) is 14.4. The van der Waals surface area contributed by atoms with Crippen molar-refractivity contribution in [3.63, 3.8) is 0 Å². The molecule has 4 rings (SSSR count). The van der Waals surface area contributed by atoms with Crippen LogP contribution in [0, 0.1) is 0 Å². The van der Waals surface area contributed by atoms with Gasteiger partial charge in [0, 0.05) is 18.8 Å². The summed E-state index contributed by atoms with van der Waals surface area (Å²) in [5, 5.41) is 2.84. The molecular formula is C19H21N3O4. The summed E-state index contributed by atoms with van der Waals surface area (Å²) in [6.45, 7) is 2.07. The van der Waals surface area contributed by atoms with E-state index in [1.165, 1.54) is 0 Å². The van der Waals surface area contributed by atoms with Crippen LogP contribution in [0.25, 0.3) is 11.3 Å². The highest BCUT2D eigenvalue weighted by molar-refractivity contribution is 5.97. The first kappa shape index (κ1) is 16.8. The molecule has 0 saturated carbocycles. The van der Waals surface area contributed by atoms with Crippen LogP contribution in [-0.2, 0) is 9.53 Å². The Labute approximate surface area is 151 Å². The van der Waals surface area contributed by atoms with E-state index >= 15 is 0 Å². The summed E-state index contributed by atoms with van der Waals surface area (Å²) in [6.07, 6.45) is 1.00. The van der Waals surface area contributed by atoms with Crippen LogP contribution in [0.3, 0.4) is 0 Å². The molecular weight excluding hydrogens is 334 g/mol. The molecule has 1 saturated heterocycles. The Balaban J connectivity index is 1.54. The maximum absolute atomic E-state index is 12.6. The number of carbonyl (C=O) groups excluding carboxylic acids is 1. The quantitative estimate of drug-likeness (QED) is 0.874. The lowest BCUT2D eigenvalue weighted by atomic mass is 9.90. The van der Waals surface area contributed by atoms with Crippen molar-refractivity contribution in [1.82, 2.24) is 4.98 Å². The molecule has 1 amide bonds. The van der Waals surface area contributed by atoms with Crippen molar-refractivity contribution < 1.29 is 19.0 Å². The topological polar surface area (TPSA) is 95.7 Å². The van der Waals surface area contributed by atoms with E-state index in [0.717, 1.165) is 17.0 Å². The minimum Gasteiger partial charge on any atom is -0.486 e. The van der Waals surface area contributed by atoms with Crippen LogP contribution < -0.4 is 20.5 Å². The fourth-order valence-electron chi connectivity index (χ4n) is 3.07. The molecule has 1 aromatic carbocycles. The predicted molar refractivity (Wildman–Crippen MR) is 96.3 cm³/mol. The number of aromatic nitrogens is 1. The van der Waals surface area contributed by atoms with E-state index < -0.39 is 5.54 Å². The average Bonchev–Trinajstić information content (AvgIpc) is 2.68. The fourth-order valence-corrected chi connectivity index (χ4v) is 3.07. The van der Waals surface area contributed by atoms with E-state index in [9.17, 15) is 4.79 Å². The van der Waals surface area contributed by atoms with Gasteiger partial charge in [-0.05, 0) is 43.2 Å². The molecule has 1 aromatic heterocycles. The summed E-state index contributed by atoms with van der Waals surface area (Å²) in [5.74, 6) is 1.67. The van der Waals surface area contributed by atoms with Crippen molar-refractivity contribution in [3.05, 3.63) is 36.4 Å². The predicted octanol–water partition coefficient (Wildman–Crippen LogP) is 1.97. The Bertz CT molecular complexity index is 818. The van der Waals surface area contributed by atoms with E-state index in [1.54, 1.807) is 6.07 Å². The molecule has 0 bridgehead atoms. The number of amides is 1. The number of rotatable bonds is 3. The number of carbonyl (C=O) groups is 1. The number of pyridine rings is 1. The summed E-state index contributed by atoms with van der Waals surface area (Å²) >= 11 is 0. The lowest BCUT2D eigenvalue weighted by molar-refractivity contribution is -0.124. The smallest absolute Gasteiger partial charge is 0.245 e. The second-order valence-corrected chi connectivity index (χ2v) is 6.49. The monoisotopic (exact) mass is 355 g/mol. The van der Waals surface area contributed by atoms with Crippen LogP contribution in [0.2, 0.25) is 0 Å². The summed E-state index contributed by atoms with van der Waals surface area (Å²) in [7, 11) is 0.